The van der Waals surface area contributed by atoms with E-state index in [2.05, 4.69) is 25.6 Å². The number of ether oxygens (including phenoxy) is 1. The molecule has 1 aromatic carbocycles. The highest BCUT2D eigenvalue weighted by Crippen LogP contribution is 2.26. The molecule has 3 rings (SSSR count). The van der Waals surface area contributed by atoms with Crippen molar-refractivity contribution in [3.05, 3.63) is 70.1 Å². The number of nitrogens with one attached hydrogen (secondary N) is 1. The summed E-state index contributed by atoms with van der Waals surface area (Å²) >= 11 is 4.43. The van der Waals surface area contributed by atoms with Crippen molar-refractivity contribution in [2.45, 2.75) is 10.8 Å². The molecular formula is C16H13BrN2O3S2. The number of halogens is 1. The van der Waals surface area contributed by atoms with E-state index in [1.54, 1.807) is 42.6 Å². The van der Waals surface area contributed by atoms with Crippen LogP contribution in [0.5, 0.6) is 11.6 Å². The van der Waals surface area contributed by atoms with E-state index in [0.717, 1.165) is 9.35 Å². The summed E-state index contributed by atoms with van der Waals surface area (Å²) in [7, 11) is -3.52. The molecule has 0 aliphatic heterocycles. The van der Waals surface area contributed by atoms with Crippen molar-refractivity contribution in [2.24, 2.45) is 0 Å². The third-order valence-corrected chi connectivity index (χ3v) is 6.56. The fraction of sp³-hybridized carbons (Fsp3) is 0.0625. The maximum absolute atomic E-state index is 12.2. The number of sulfonamides is 1. The molecule has 2 heterocycles. The zero-order chi connectivity index (χ0) is 17.0. The third-order valence-electron chi connectivity index (χ3n) is 3.04. The molecule has 0 saturated heterocycles. The van der Waals surface area contributed by atoms with Crippen molar-refractivity contribution in [3.8, 4) is 11.6 Å². The second-order valence-corrected chi connectivity index (χ2v) is 9.26. The molecule has 0 fully saturated rings. The van der Waals surface area contributed by atoms with Gasteiger partial charge in [-0.05, 0) is 51.8 Å². The van der Waals surface area contributed by atoms with Crippen molar-refractivity contribution in [1.29, 1.82) is 0 Å². The minimum Gasteiger partial charge on any atom is -0.439 e. The fourth-order valence-corrected chi connectivity index (χ4v) is 5.01. The second-order valence-electron chi connectivity index (χ2n) is 4.80. The van der Waals surface area contributed by atoms with Crippen molar-refractivity contribution < 1.29 is 13.2 Å². The number of hydrogen-bond donors (Lipinski definition) is 1. The molecule has 0 amide bonds. The molecule has 0 atom stereocenters. The SMILES string of the molecule is O=S(=O)(NCc1cccc(Oc2ccccn2)c1)c1ccc(Br)s1. The van der Waals surface area contributed by atoms with E-state index in [1.165, 1.54) is 11.3 Å². The van der Waals surface area contributed by atoms with Gasteiger partial charge in [0.15, 0.2) is 0 Å². The molecule has 124 valence electrons. The highest BCUT2D eigenvalue weighted by molar-refractivity contribution is 9.11. The zero-order valence-electron chi connectivity index (χ0n) is 12.3. The quantitative estimate of drug-likeness (QED) is 0.644. The molecule has 0 radical (unpaired) electrons. The molecule has 8 heteroatoms. The Bertz CT molecular complexity index is 927. The van der Waals surface area contributed by atoms with Gasteiger partial charge in [-0.2, -0.15) is 0 Å². The Morgan fingerprint density at radius 1 is 1.12 bits per heavy atom. The summed E-state index contributed by atoms with van der Waals surface area (Å²) in [6.45, 7) is 0.178. The first kappa shape index (κ1) is 17.1. The fourth-order valence-electron chi connectivity index (χ4n) is 1.94. The number of pyridine rings is 1. The van der Waals surface area contributed by atoms with Crippen LogP contribution in [0.2, 0.25) is 0 Å². The average Bonchev–Trinajstić information content (AvgIpc) is 3.02. The van der Waals surface area contributed by atoms with Gasteiger partial charge in [-0.3, -0.25) is 0 Å². The average molecular weight is 425 g/mol. The molecular weight excluding hydrogens is 412 g/mol. The summed E-state index contributed by atoms with van der Waals surface area (Å²) in [6, 6.07) is 15.9. The van der Waals surface area contributed by atoms with Crippen LogP contribution in [0.3, 0.4) is 0 Å². The lowest BCUT2D eigenvalue weighted by molar-refractivity contribution is 0.462. The number of thiophene rings is 1. The monoisotopic (exact) mass is 424 g/mol. The van der Waals surface area contributed by atoms with Gasteiger partial charge in [0.05, 0.1) is 3.79 Å². The Morgan fingerprint density at radius 3 is 2.71 bits per heavy atom. The van der Waals surface area contributed by atoms with Gasteiger partial charge in [-0.25, -0.2) is 18.1 Å². The van der Waals surface area contributed by atoms with Gasteiger partial charge in [0.2, 0.25) is 15.9 Å². The molecule has 24 heavy (non-hydrogen) atoms. The molecule has 2 aromatic heterocycles. The Labute approximate surface area is 152 Å². The number of benzene rings is 1. The Kier molecular flexibility index (Phi) is 5.30. The first-order chi connectivity index (χ1) is 11.5. The van der Waals surface area contributed by atoms with Crippen molar-refractivity contribution in [1.82, 2.24) is 9.71 Å². The predicted octanol–water partition coefficient (Wildman–Crippen LogP) is 4.18. The maximum Gasteiger partial charge on any atom is 0.250 e. The van der Waals surface area contributed by atoms with Crippen molar-refractivity contribution >= 4 is 37.3 Å². The molecule has 0 unspecified atom stereocenters. The Balaban J connectivity index is 1.69. The third kappa shape index (κ3) is 4.41. The van der Waals surface area contributed by atoms with Gasteiger partial charge >= 0.3 is 0 Å². The van der Waals surface area contributed by atoms with E-state index in [4.69, 9.17) is 4.74 Å². The number of hydrogen-bond acceptors (Lipinski definition) is 5. The lowest BCUT2D eigenvalue weighted by Crippen LogP contribution is -2.22. The molecule has 3 aromatic rings. The Morgan fingerprint density at radius 2 is 2.00 bits per heavy atom. The lowest BCUT2D eigenvalue weighted by Gasteiger charge is -2.08. The van der Waals surface area contributed by atoms with E-state index in [0.29, 0.717) is 11.6 Å². The van der Waals surface area contributed by atoms with Crippen LogP contribution in [0.15, 0.2) is 68.8 Å². The zero-order valence-corrected chi connectivity index (χ0v) is 15.6. The van der Waals surface area contributed by atoms with Crippen LogP contribution >= 0.6 is 27.3 Å². The van der Waals surface area contributed by atoms with Crippen LogP contribution < -0.4 is 9.46 Å². The summed E-state index contributed by atoms with van der Waals surface area (Å²) in [5.41, 5.74) is 0.794. The lowest BCUT2D eigenvalue weighted by atomic mass is 10.2. The van der Waals surface area contributed by atoms with Crippen LogP contribution in [-0.2, 0) is 16.6 Å². The number of rotatable bonds is 6. The summed E-state index contributed by atoms with van der Waals surface area (Å²) in [4.78, 5) is 4.09. The standard InChI is InChI=1S/C16H13BrN2O3S2/c17-14-7-8-16(23-14)24(20,21)19-11-12-4-3-5-13(10-12)22-15-6-1-2-9-18-15/h1-10,19H,11H2. The van der Waals surface area contributed by atoms with E-state index in [1.807, 2.05) is 18.2 Å². The minimum atomic E-state index is -3.52. The number of nitrogens with zero attached hydrogens (tertiary/aromatic N) is 1. The summed E-state index contributed by atoms with van der Waals surface area (Å²) < 4.78 is 33.7. The summed E-state index contributed by atoms with van der Waals surface area (Å²) in [6.07, 6.45) is 1.65. The van der Waals surface area contributed by atoms with Crippen LogP contribution in [0, 0.1) is 0 Å². The molecule has 1 N–H and O–H groups in total. The van der Waals surface area contributed by atoms with Crippen LogP contribution in [0.25, 0.3) is 0 Å². The second kappa shape index (κ2) is 7.43. The van der Waals surface area contributed by atoms with Crippen LogP contribution in [0.1, 0.15) is 5.56 Å². The van der Waals surface area contributed by atoms with Crippen molar-refractivity contribution in [2.75, 3.05) is 0 Å². The predicted molar refractivity (Wildman–Crippen MR) is 96.8 cm³/mol. The smallest absolute Gasteiger partial charge is 0.250 e. The van der Waals surface area contributed by atoms with Crippen LogP contribution in [-0.4, -0.2) is 13.4 Å². The number of aromatic nitrogens is 1. The minimum absolute atomic E-state index is 0.178. The van der Waals surface area contributed by atoms with E-state index >= 15 is 0 Å². The first-order valence-electron chi connectivity index (χ1n) is 6.96. The summed E-state index contributed by atoms with van der Waals surface area (Å²) in [5.74, 6) is 1.09. The summed E-state index contributed by atoms with van der Waals surface area (Å²) in [5, 5.41) is 0. The van der Waals surface area contributed by atoms with Gasteiger partial charge in [-0.15, -0.1) is 11.3 Å². The van der Waals surface area contributed by atoms with Gasteiger partial charge < -0.3 is 4.74 Å². The van der Waals surface area contributed by atoms with Crippen molar-refractivity contribution in [3.63, 3.8) is 0 Å². The molecule has 5 nitrogen and oxygen atoms in total. The molecule has 0 saturated carbocycles. The highest BCUT2D eigenvalue weighted by atomic mass is 79.9. The largest absolute Gasteiger partial charge is 0.439 e. The van der Waals surface area contributed by atoms with Gasteiger partial charge in [-0.1, -0.05) is 18.2 Å². The molecule has 0 aliphatic carbocycles. The van der Waals surface area contributed by atoms with Gasteiger partial charge in [0.1, 0.15) is 9.96 Å². The first-order valence-corrected chi connectivity index (χ1v) is 10.0. The van der Waals surface area contributed by atoms with E-state index in [-0.39, 0.29) is 10.8 Å². The topological polar surface area (TPSA) is 68.3 Å². The van der Waals surface area contributed by atoms with E-state index < -0.39 is 10.0 Å². The van der Waals surface area contributed by atoms with Crippen LogP contribution in [0.4, 0.5) is 0 Å². The Hall–Kier alpha value is -1.74. The van der Waals surface area contributed by atoms with Gasteiger partial charge in [0, 0.05) is 18.8 Å². The normalized spacial score (nSPS) is 11.4. The maximum atomic E-state index is 12.2. The molecule has 0 spiro atoms. The molecule has 0 bridgehead atoms. The highest BCUT2D eigenvalue weighted by Gasteiger charge is 2.16. The van der Waals surface area contributed by atoms with Gasteiger partial charge in [0.25, 0.3) is 0 Å². The molecule has 0 aliphatic rings. The van der Waals surface area contributed by atoms with E-state index in [9.17, 15) is 8.42 Å².